The lowest BCUT2D eigenvalue weighted by Crippen LogP contribution is -2.35. The molecule has 3 heterocycles. The number of H-pyrrole nitrogens is 1. The number of carbonyl (C=O) groups is 1. The molecule has 0 unspecified atom stereocenters. The van der Waals surface area contributed by atoms with Crippen molar-refractivity contribution in [3.8, 4) is 11.6 Å². The first-order chi connectivity index (χ1) is 17.0. The number of anilines is 2. The van der Waals surface area contributed by atoms with Crippen LogP contribution in [-0.4, -0.2) is 67.4 Å². The van der Waals surface area contributed by atoms with Crippen LogP contribution in [0.5, 0.6) is 11.6 Å². The van der Waals surface area contributed by atoms with Gasteiger partial charge in [0.25, 0.3) is 0 Å². The SMILES string of the molecule is CC(=O)N(CCO)CCOc1n[nH]c2ncnc(Nc3ccc(OCc4ccccn4)c(Cl)c3)c12. The summed E-state index contributed by atoms with van der Waals surface area (Å²) in [6.45, 7) is 2.34. The van der Waals surface area contributed by atoms with E-state index in [1.165, 1.54) is 18.2 Å². The molecule has 3 N–H and O–H groups in total. The van der Waals surface area contributed by atoms with Gasteiger partial charge in [-0.2, -0.15) is 0 Å². The first kappa shape index (κ1) is 24.2. The maximum atomic E-state index is 11.6. The minimum Gasteiger partial charge on any atom is -0.486 e. The molecule has 182 valence electrons. The van der Waals surface area contributed by atoms with Gasteiger partial charge >= 0.3 is 0 Å². The Hall–Kier alpha value is -3.96. The van der Waals surface area contributed by atoms with Crippen LogP contribution in [0.3, 0.4) is 0 Å². The molecule has 0 aliphatic rings. The number of pyridine rings is 1. The molecule has 11 nitrogen and oxygen atoms in total. The molecule has 0 atom stereocenters. The maximum absolute atomic E-state index is 11.6. The molecular weight excluding hydrogens is 474 g/mol. The van der Waals surface area contributed by atoms with E-state index in [9.17, 15) is 4.79 Å². The first-order valence-corrected chi connectivity index (χ1v) is 11.2. The fourth-order valence-electron chi connectivity index (χ4n) is 3.30. The highest BCUT2D eigenvalue weighted by Crippen LogP contribution is 2.33. The van der Waals surface area contributed by atoms with Crippen LogP contribution in [0.15, 0.2) is 48.9 Å². The Balaban J connectivity index is 1.45. The van der Waals surface area contributed by atoms with Crippen LogP contribution in [0.25, 0.3) is 11.0 Å². The Morgan fingerprint density at radius 3 is 2.80 bits per heavy atom. The third kappa shape index (κ3) is 6.14. The van der Waals surface area contributed by atoms with Gasteiger partial charge < -0.3 is 24.8 Å². The fourth-order valence-corrected chi connectivity index (χ4v) is 3.53. The number of aliphatic hydroxyl groups excluding tert-OH is 1. The highest BCUT2D eigenvalue weighted by Gasteiger charge is 2.16. The highest BCUT2D eigenvalue weighted by atomic mass is 35.5. The van der Waals surface area contributed by atoms with Gasteiger partial charge in [-0.15, -0.1) is 5.10 Å². The van der Waals surface area contributed by atoms with E-state index in [-0.39, 0.29) is 31.5 Å². The molecule has 35 heavy (non-hydrogen) atoms. The fraction of sp³-hybridized carbons (Fsp3) is 0.261. The van der Waals surface area contributed by atoms with Crippen LogP contribution in [0, 0.1) is 0 Å². The van der Waals surface area contributed by atoms with Crippen molar-refractivity contribution in [3.63, 3.8) is 0 Å². The summed E-state index contributed by atoms with van der Waals surface area (Å²) in [4.78, 5) is 25.9. The number of aromatic amines is 1. The van der Waals surface area contributed by atoms with E-state index in [0.717, 1.165) is 5.69 Å². The third-order valence-electron chi connectivity index (χ3n) is 5.04. The Morgan fingerprint density at radius 1 is 1.17 bits per heavy atom. The number of hydrogen-bond acceptors (Lipinski definition) is 9. The van der Waals surface area contributed by atoms with E-state index in [1.54, 1.807) is 18.3 Å². The molecule has 0 saturated carbocycles. The standard InChI is InChI=1S/C23H24ClN7O4/c1-15(33)31(8-10-32)9-11-34-23-20-21(26-14-27-22(20)29-30-23)28-16-5-6-19(18(24)12-16)35-13-17-4-2-3-7-25-17/h2-7,12,14,32H,8-11,13H2,1H3,(H2,26,27,28,29,30). The lowest BCUT2D eigenvalue weighted by molar-refractivity contribution is -0.129. The topological polar surface area (TPSA) is 138 Å². The minimum atomic E-state index is -0.149. The molecule has 1 aromatic carbocycles. The zero-order valence-corrected chi connectivity index (χ0v) is 19.7. The number of fused-ring (bicyclic) bond motifs is 1. The van der Waals surface area contributed by atoms with Crippen molar-refractivity contribution >= 4 is 40.0 Å². The van der Waals surface area contributed by atoms with Gasteiger partial charge in [-0.05, 0) is 30.3 Å². The van der Waals surface area contributed by atoms with E-state index < -0.39 is 0 Å². The van der Waals surface area contributed by atoms with Crippen LogP contribution >= 0.6 is 11.6 Å². The molecule has 4 aromatic rings. The smallest absolute Gasteiger partial charge is 0.246 e. The normalized spacial score (nSPS) is 10.8. The number of aromatic nitrogens is 5. The summed E-state index contributed by atoms with van der Waals surface area (Å²) in [5.41, 5.74) is 1.96. The van der Waals surface area contributed by atoms with Gasteiger partial charge in [-0.25, -0.2) is 9.97 Å². The third-order valence-corrected chi connectivity index (χ3v) is 5.33. The van der Waals surface area contributed by atoms with Gasteiger partial charge in [0.1, 0.15) is 36.5 Å². The van der Waals surface area contributed by atoms with Crippen molar-refractivity contribution in [1.29, 1.82) is 0 Å². The molecule has 0 aliphatic carbocycles. The Bertz CT molecular complexity index is 1290. The van der Waals surface area contributed by atoms with E-state index in [0.29, 0.717) is 46.5 Å². The van der Waals surface area contributed by atoms with Crippen LogP contribution < -0.4 is 14.8 Å². The van der Waals surface area contributed by atoms with Crippen LogP contribution in [0.4, 0.5) is 11.5 Å². The number of carbonyl (C=O) groups excluding carboxylic acids is 1. The minimum absolute atomic E-state index is 0.123. The van der Waals surface area contributed by atoms with E-state index in [1.807, 2.05) is 24.3 Å². The lowest BCUT2D eigenvalue weighted by atomic mass is 10.3. The summed E-state index contributed by atoms with van der Waals surface area (Å²) in [6, 6.07) is 10.9. The van der Waals surface area contributed by atoms with Gasteiger partial charge in [0.2, 0.25) is 11.8 Å². The quantitative estimate of drug-likeness (QED) is 0.285. The second-order valence-corrected chi connectivity index (χ2v) is 7.84. The monoisotopic (exact) mass is 497 g/mol. The molecule has 0 aliphatic heterocycles. The van der Waals surface area contributed by atoms with Gasteiger partial charge in [0.05, 0.1) is 23.9 Å². The highest BCUT2D eigenvalue weighted by molar-refractivity contribution is 6.32. The number of hydrogen-bond donors (Lipinski definition) is 3. The van der Waals surface area contributed by atoms with Crippen LogP contribution in [0.2, 0.25) is 5.02 Å². The molecule has 0 bridgehead atoms. The summed E-state index contributed by atoms with van der Waals surface area (Å²) < 4.78 is 11.6. The molecular formula is C23H24ClN7O4. The van der Waals surface area contributed by atoms with Crippen molar-refractivity contribution in [2.24, 2.45) is 0 Å². The molecule has 0 spiro atoms. The molecule has 1 amide bonds. The largest absolute Gasteiger partial charge is 0.486 e. The van der Waals surface area contributed by atoms with Crippen LogP contribution in [0.1, 0.15) is 12.6 Å². The molecule has 0 saturated heterocycles. The number of halogens is 1. The average molecular weight is 498 g/mol. The Labute approximate surface area is 206 Å². The summed E-state index contributed by atoms with van der Waals surface area (Å²) in [5.74, 6) is 1.14. The molecule has 12 heteroatoms. The Morgan fingerprint density at radius 2 is 2.06 bits per heavy atom. The number of nitrogens with zero attached hydrogens (tertiary/aromatic N) is 5. The lowest BCUT2D eigenvalue weighted by Gasteiger charge is -2.19. The van der Waals surface area contributed by atoms with Crippen molar-refractivity contribution < 1.29 is 19.4 Å². The van der Waals surface area contributed by atoms with Crippen LogP contribution in [-0.2, 0) is 11.4 Å². The summed E-state index contributed by atoms with van der Waals surface area (Å²) in [6.07, 6.45) is 3.11. The summed E-state index contributed by atoms with van der Waals surface area (Å²) in [5, 5.41) is 20.3. The molecule has 0 fully saturated rings. The number of benzene rings is 1. The van der Waals surface area contributed by atoms with Crippen molar-refractivity contribution in [2.75, 3.05) is 31.6 Å². The Kier molecular flexibility index (Phi) is 7.91. The van der Waals surface area contributed by atoms with Crippen molar-refractivity contribution in [1.82, 2.24) is 30.0 Å². The van der Waals surface area contributed by atoms with Gasteiger partial charge in [0, 0.05) is 25.4 Å². The van der Waals surface area contributed by atoms with E-state index >= 15 is 0 Å². The molecule has 3 aromatic heterocycles. The maximum Gasteiger partial charge on any atom is 0.246 e. The van der Waals surface area contributed by atoms with E-state index in [4.69, 9.17) is 26.2 Å². The summed E-state index contributed by atoms with van der Waals surface area (Å²) in [7, 11) is 0. The van der Waals surface area contributed by atoms with Gasteiger partial charge in [0.15, 0.2) is 5.65 Å². The second-order valence-electron chi connectivity index (χ2n) is 7.43. The van der Waals surface area contributed by atoms with E-state index in [2.05, 4.69) is 30.5 Å². The molecule has 4 rings (SSSR count). The number of rotatable bonds is 11. The molecule has 0 radical (unpaired) electrons. The van der Waals surface area contributed by atoms with Crippen molar-refractivity contribution in [3.05, 3.63) is 59.6 Å². The number of nitrogens with one attached hydrogen (secondary N) is 2. The predicted molar refractivity (Wildman–Crippen MR) is 130 cm³/mol. The van der Waals surface area contributed by atoms with Gasteiger partial charge in [-0.3, -0.25) is 14.9 Å². The number of amides is 1. The zero-order chi connectivity index (χ0) is 24.6. The second kappa shape index (κ2) is 11.4. The predicted octanol–water partition coefficient (Wildman–Crippen LogP) is 2.94. The first-order valence-electron chi connectivity index (χ1n) is 10.8. The number of aliphatic hydroxyl groups is 1. The summed E-state index contributed by atoms with van der Waals surface area (Å²) >= 11 is 6.43. The van der Waals surface area contributed by atoms with Crippen molar-refractivity contribution in [2.45, 2.75) is 13.5 Å². The zero-order valence-electron chi connectivity index (χ0n) is 18.9. The van der Waals surface area contributed by atoms with Gasteiger partial charge in [-0.1, -0.05) is 17.7 Å². The number of ether oxygens (including phenoxy) is 2. The average Bonchev–Trinajstić information content (AvgIpc) is 3.27.